The smallest absolute Gasteiger partial charge is 0.275 e. The van der Waals surface area contributed by atoms with Gasteiger partial charge in [0, 0.05) is 83.5 Å². The quantitative estimate of drug-likeness (QED) is 0.0366. The molecule has 2 unspecified atom stereocenters. The molecule has 0 fully saturated rings. The van der Waals surface area contributed by atoms with E-state index in [4.69, 9.17) is 14.2 Å². The Morgan fingerprint density at radius 3 is 2.01 bits per heavy atom. The summed E-state index contributed by atoms with van der Waals surface area (Å²) in [4.78, 5) is 88.5. The topological polar surface area (TPSA) is 218 Å². The zero-order valence-electron chi connectivity index (χ0n) is 50.7. The van der Waals surface area contributed by atoms with Gasteiger partial charge in [-0.25, -0.2) is 0 Å². The minimum atomic E-state index is -4.55. The van der Waals surface area contributed by atoms with Gasteiger partial charge >= 0.3 is 0 Å². The van der Waals surface area contributed by atoms with Gasteiger partial charge in [0.2, 0.25) is 11.8 Å². The summed E-state index contributed by atoms with van der Waals surface area (Å²) in [6.45, 7) is 15.3. The summed E-state index contributed by atoms with van der Waals surface area (Å²) < 4.78 is 52.1. The van der Waals surface area contributed by atoms with Crippen LogP contribution in [0.1, 0.15) is 141 Å². The standard InChI is InChI=1S/C66H79N5O12S3/c1-11-55(72)60(86(78,79)80)26-41(6)84-85-66(7,8)23-22-61(74)68-62(38(2)3)56(73)25-40(5)63(75)67-47-28-42(36-82-57-34-54-51(24-39(57)4)65(77)71-49(35-69(54)9)31-46-17-13-15-19-53(46)71)27-43(29-47)37-83-59-32-44-20-21-48-30-45-16-12-14-18-52(45)70(48)64(76)50(44)33-58(59)81-10/h12-19,24,27-29,32-34,38,40-41,48-49,60,62H,11,20-23,25-26,30-31,35-37H2,1-10H3,(H,67,75)(H,68,74)(H,78,79,80)/t40-,41?,48-,49+,60?,62+/m1/s1. The maximum atomic E-state index is 14.3. The van der Waals surface area contributed by atoms with Gasteiger partial charge in [-0.1, -0.05) is 92.6 Å². The number of carbonyl (C=O) groups is 6. The van der Waals surface area contributed by atoms with Crippen LogP contribution in [0.15, 0.2) is 91.0 Å². The summed E-state index contributed by atoms with van der Waals surface area (Å²) in [5.41, 5.74) is 9.59. The molecule has 4 aliphatic rings. The van der Waals surface area contributed by atoms with E-state index in [1.807, 2.05) is 118 Å². The fourth-order valence-corrected chi connectivity index (χ4v) is 15.9. The van der Waals surface area contributed by atoms with E-state index in [9.17, 15) is 41.7 Å². The van der Waals surface area contributed by atoms with Crippen molar-refractivity contribution in [1.82, 2.24) is 5.32 Å². The molecular weight excluding hydrogens is 1150 g/mol. The number of methoxy groups -OCH3 is 1. The minimum Gasteiger partial charge on any atom is -0.493 e. The van der Waals surface area contributed by atoms with Crippen molar-refractivity contribution in [2.75, 3.05) is 40.7 Å². The van der Waals surface area contributed by atoms with Gasteiger partial charge in [0.1, 0.15) is 24.2 Å². The number of rotatable bonds is 25. The van der Waals surface area contributed by atoms with Gasteiger partial charge in [-0.2, -0.15) is 8.42 Å². The van der Waals surface area contributed by atoms with Crippen molar-refractivity contribution >= 4 is 89.7 Å². The molecule has 0 radical (unpaired) electrons. The Morgan fingerprint density at radius 1 is 0.767 bits per heavy atom. The number of hydrogen-bond acceptors (Lipinski definition) is 14. The summed E-state index contributed by atoms with van der Waals surface area (Å²) in [6, 6.07) is 28.3. The third kappa shape index (κ3) is 14.4. The summed E-state index contributed by atoms with van der Waals surface area (Å²) in [5, 5.41) is 4.18. The maximum absolute atomic E-state index is 14.3. The molecule has 4 amide bonds. The van der Waals surface area contributed by atoms with Gasteiger partial charge < -0.3 is 39.5 Å². The first kappa shape index (κ1) is 63.6. The number of ketones is 2. The monoisotopic (exact) mass is 1230 g/mol. The second-order valence-electron chi connectivity index (χ2n) is 24.3. The van der Waals surface area contributed by atoms with Gasteiger partial charge in [-0.15, -0.1) is 0 Å². The first-order chi connectivity index (χ1) is 40.8. The SMILES string of the molecule is CCC(=O)C(CC(C)SSC(C)(C)CCC(=O)N[C@H](C(=O)C[C@@H](C)C(=O)Nc1cc(COc2cc3c(cc2C)C(=O)N2c4ccccc4C[C@H]2CN3C)cc(COc2cc3c(cc2OC)C(=O)N2c4ccccc4C[C@H]2CC3)c1)C(C)C)S(=O)(=O)O. The minimum absolute atomic E-state index is 0.0127. The largest absolute Gasteiger partial charge is 0.493 e. The Labute approximate surface area is 513 Å². The summed E-state index contributed by atoms with van der Waals surface area (Å²) in [7, 11) is 1.82. The molecule has 5 aromatic carbocycles. The average Bonchev–Trinajstić information content (AvgIpc) is 1.80. The number of hydrogen-bond donors (Lipinski definition) is 3. The van der Waals surface area contributed by atoms with E-state index in [1.165, 1.54) is 21.6 Å². The van der Waals surface area contributed by atoms with Crippen molar-refractivity contribution in [2.24, 2.45) is 11.8 Å². The number of Topliss-reactive ketones (excluding diaryl/α,β-unsaturated/α-hetero) is 2. The molecule has 4 aliphatic heterocycles. The molecule has 9 rings (SSSR count). The zero-order valence-corrected chi connectivity index (χ0v) is 53.1. The highest BCUT2D eigenvalue weighted by molar-refractivity contribution is 8.77. The third-order valence-electron chi connectivity index (χ3n) is 16.8. The van der Waals surface area contributed by atoms with Gasteiger partial charge in [0.05, 0.1) is 30.4 Å². The molecule has 0 saturated heterocycles. The predicted molar refractivity (Wildman–Crippen MR) is 340 cm³/mol. The molecule has 458 valence electrons. The lowest BCUT2D eigenvalue weighted by atomic mass is 9.92. The van der Waals surface area contributed by atoms with Crippen molar-refractivity contribution in [1.29, 1.82) is 0 Å². The van der Waals surface area contributed by atoms with E-state index in [0.717, 1.165) is 58.6 Å². The van der Waals surface area contributed by atoms with Crippen LogP contribution >= 0.6 is 21.6 Å². The highest BCUT2D eigenvalue weighted by Gasteiger charge is 2.41. The highest BCUT2D eigenvalue weighted by atomic mass is 33.1. The van der Waals surface area contributed by atoms with Gasteiger partial charge in [-0.05, 0) is 147 Å². The van der Waals surface area contributed by atoms with E-state index in [2.05, 4.69) is 27.7 Å². The summed E-state index contributed by atoms with van der Waals surface area (Å²) in [6.07, 6.45) is 3.31. The molecule has 86 heavy (non-hydrogen) atoms. The van der Waals surface area contributed by atoms with Gasteiger partial charge in [0.25, 0.3) is 21.9 Å². The molecule has 0 saturated carbocycles. The lowest BCUT2D eigenvalue weighted by Crippen LogP contribution is -2.45. The number of ether oxygens (including phenoxy) is 3. The Morgan fingerprint density at radius 2 is 1.38 bits per heavy atom. The second kappa shape index (κ2) is 26.6. The van der Waals surface area contributed by atoms with E-state index in [-0.39, 0.29) is 85.7 Å². The highest BCUT2D eigenvalue weighted by Crippen LogP contribution is 2.45. The van der Waals surface area contributed by atoms with Gasteiger partial charge in [0.15, 0.2) is 23.1 Å². The van der Waals surface area contributed by atoms with Crippen LogP contribution in [0.5, 0.6) is 17.2 Å². The first-order valence-corrected chi connectivity index (χ1v) is 33.3. The van der Waals surface area contributed by atoms with Crippen LogP contribution in [0.25, 0.3) is 0 Å². The fraction of sp³-hybridized carbons (Fsp3) is 0.455. The van der Waals surface area contributed by atoms with Crippen LogP contribution < -0.4 is 39.5 Å². The van der Waals surface area contributed by atoms with Crippen molar-refractivity contribution in [3.63, 3.8) is 0 Å². The Hall–Kier alpha value is -6.87. The van der Waals surface area contributed by atoms with E-state index < -0.39 is 43.8 Å². The Balaban J connectivity index is 0.891. The van der Waals surface area contributed by atoms with Crippen LogP contribution in [0.2, 0.25) is 0 Å². The molecule has 3 N–H and O–H groups in total. The average molecular weight is 1230 g/mol. The first-order valence-electron chi connectivity index (χ1n) is 29.6. The van der Waals surface area contributed by atoms with Crippen molar-refractivity contribution in [3.8, 4) is 17.2 Å². The number of carbonyl (C=O) groups excluding carboxylic acids is 6. The van der Waals surface area contributed by atoms with E-state index in [1.54, 1.807) is 40.0 Å². The molecule has 0 bridgehead atoms. The number of nitrogens with zero attached hydrogens (tertiary/aromatic N) is 3. The number of likely N-dealkylation sites (N-methyl/N-ethyl adjacent to an activating group) is 1. The van der Waals surface area contributed by atoms with Crippen LogP contribution in [-0.2, 0) is 61.8 Å². The number of benzene rings is 5. The third-order valence-corrected chi connectivity index (χ3v) is 21.8. The number of anilines is 4. The fourth-order valence-electron chi connectivity index (χ4n) is 12.1. The van der Waals surface area contributed by atoms with Crippen molar-refractivity contribution in [2.45, 2.75) is 160 Å². The number of aryl methyl sites for hydroxylation is 2. The van der Waals surface area contributed by atoms with Crippen molar-refractivity contribution < 1.29 is 55.9 Å². The molecular formula is C66H79N5O12S3. The molecule has 6 atom stereocenters. The Bertz CT molecular complexity index is 3550. The van der Waals surface area contributed by atoms with Crippen LogP contribution in [-0.4, -0.2) is 102 Å². The van der Waals surface area contributed by atoms with Crippen LogP contribution in [0.4, 0.5) is 22.7 Å². The second-order valence-corrected chi connectivity index (χ2v) is 29.3. The normalized spacial score (nSPS) is 17.6. The number of nitrogens with one attached hydrogen (secondary N) is 2. The van der Waals surface area contributed by atoms with E-state index >= 15 is 0 Å². The number of fused-ring (bicyclic) bond motifs is 8. The zero-order chi connectivity index (χ0) is 61.9. The van der Waals surface area contributed by atoms with E-state index in [0.29, 0.717) is 64.6 Å². The Kier molecular flexibility index (Phi) is 19.7. The van der Waals surface area contributed by atoms with Crippen molar-refractivity contribution in [3.05, 3.63) is 136 Å². The molecule has 17 nitrogen and oxygen atoms in total. The van der Waals surface area contributed by atoms with Crippen LogP contribution in [0.3, 0.4) is 0 Å². The van der Waals surface area contributed by atoms with Crippen LogP contribution in [0, 0.1) is 18.8 Å². The molecule has 4 heterocycles. The lowest BCUT2D eigenvalue weighted by Gasteiger charge is -2.27. The summed E-state index contributed by atoms with van der Waals surface area (Å²) in [5.74, 6) is -1.35. The lowest BCUT2D eigenvalue weighted by molar-refractivity contribution is -0.131. The maximum Gasteiger partial charge on any atom is 0.275 e. The molecule has 0 aliphatic carbocycles. The summed E-state index contributed by atoms with van der Waals surface area (Å²) >= 11 is 0. The van der Waals surface area contributed by atoms with Gasteiger partial charge in [-0.3, -0.25) is 33.3 Å². The predicted octanol–water partition coefficient (Wildman–Crippen LogP) is 11.3. The molecule has 0 aromatic heterocycles. The molecule has 20 heteroatoms. The number of para-hydroxylation sites is 2. The molecule has 5 aromatic rings. The molecule has 0 spiro atoms. The number of amides is 4.